The van der Waals surface area contributed by atoms with Crippen LogP contribution in [0, 0.1) is 5.82 Å². The van der Waals surface area contributed by atoms with Crippen molar-refractivity contribution in [3.05, 3.63) is 29.1 Å². The first-order valence-electron chi connectivity index (χ1n) is 4.25. The molecule has 1 rings (SSSR count). The van der Waals surface area contributed by atoms with Gasteiger partial charge in [-0.15, -0.1) is 0 Å². The molecule has 0 heterocycles. The summed E-state index contributed by atoms with van der Waals surface area (Å²) < 4.78 is 43.7. The molecule has 5 heteroatoms. The summed E-state index contributed by atoms with van der Waals surface area (Å²) in [5, 5.41) is 8.87. The average molecular weight is 220 g/mol. The lowest BCUT2D eigenvalue weighted by Gasteiger charge is -2.14. The largest absolute Gasteiger partial charge is 0.493 e. The highest BCUT2D eigenvalue weighted by atomic mass is 19.3. The maximum atomic E-state index is 13.3. The van der Waals surface area contributed by atoms with Gasteiger partial charge in [-0.2, -0.15) is 0 Å². The summed E-state index contributed by atoms with van der Waals surface area (Å²) in [6.07, 6.45) is 0. The lowest BCUT2D eigenvalue weighted by molar-refractivity contribution is 0.0169. The summed E-state index contributed by atoms with van der Waals surface area (Å²) in [6, 6.07) is 1.74. The molecule has 15 heavy (non-hydrogen) atoms. The van der Waals surface area contributed by atoms with Crippen LogP contribution in [0.5, 0.6) is 5.75 Å². The van der Waals surface area contributed by atoms with Crippen LogP contribution in [0.1, 0.15) is 18.1 Å². The van der Waals surface area contributed by atoms with E-state index in [0.717, 1.165) is 6.07 Å². The van der Waals surface area contributed by atoms with Crippen molar-refractivity contribution in [3.63, 3.8) is 0 Å². The number of aliphatic hydroxyl groups excluding tert-OH is 1. The maximum Gasteiger partial charge on any atom is 0.270 e. The second-order valence-corrected chi connectivity index (χ2v) is 3.20. The van der Waals surface area contributed by atoms with E-state index in [9.17, 15) is 13.2 Å². The first kappa shape index (κ1) is 11.8. The SMILES string of the molecule is COc1c(F)cc(C(C)(F)F)cc1CO. The average Bonchev–Trinajstić information content (AvgIpc) is 2.15. The van der Waals surface area contributed by atoms with Gasteiger partial charge < -0.3 is 9.84 Å². The van der Waals surface area contributed by atoms with Crippen molar-refractivity contribution in [1.29, 1.82) is 0 Å². The van der Waals surface area contributed by atoms with Gasteiger partial charge in [0, 0.05) is 18.1 Å². The Hall–Kier alpha value is -1.23. The molecule has 0 aliphatic rings. The number of aliphatic hydroxyl groups is 1. The van der Waals surface area contributed by atoms with Crippen molar-refractivity contribution in [2.75, 3.05) is 7.11 Å². The van der Waals surface area contributed by atoms with E-state index in [1.54, 1.807) is 0 Å². The van der Waals surface area contributed by atoms with Crippen molar-refractivity contribution in [3.8, 4) is 5.75 Å². The Morgan fingerprint density at radius 3 is 2.40 bits per heavy atom. The molecule has 0 amide bonds. The highest BCUT2D eigenvalue weighted by Gasteiger charge is 2.27. The topological polar surface area (TPSA) is 29.5 Å². The highest BCUT2D eigenvalue weighted by molar-refractivity contribution is 5.39. The van der Waals surface area contributed by atoms with E-state index in [-0.39, 0.29) is 11.3 Å². The minimum absolute atomic E-state index is 0.00836. The van der Waals surface area contributed by atoms with Crippen LogP contribution in [-0.2, 0) is 12.5 Å². The summed E-state index contributed by atoms with van der Waals surface area (Å²) in [5.74, 6) is -4.25. The number of methoxy groups -OCH3 is 1. The molecule has 0 unspecified atom stereocenters. The van der Waals surface area contributed by atoms with Crippen molar-refractivity contribution in [2.24, 2.45) is 0 Å². The van der Waals surface area contributed by atoms with E-state index in [0.29, 0.717) is 13.0 Å². The zero-order valence-corrected chi connectivity index (χ0v) is 8.35. The monoisotopic (exact) mass is 220 g/mol. The first-order chi connectivity index (χ1) is 6.90. The minimum Gasteiger partial charge on any atom is -0.493 e. The number of hydrogen-bond acceptors (Lipinski definition) is 2. The lowest BCUT2D eigenvalue weighted by atomic mass is 10.1. The standard InChI is InChI=1S/C10H11F3O2/c1-10(12,13)7-3-6(5-14)9(15-2)8(11)4-7/h3-4,14H,5H2,1-2H3. The van der Waals surface area contributed by atoms with Gasteiger partial charge in [0.15, 0.2) is 11.6 Å². The van der Waals surface area contributed by atoms with Gasteiger partial charge >= 0.3 is 0 Å². The van der Waals surface area contributed by atoms with E-state index >= 15 is 0 Å². The fraction of sp³-hybridized carbons (Fsp3) is 0.400. The van der Waals surface area contributed by atoms with Gasteiger partial charge in [-0.05, 0) is 12.1 Å². The fourth-order valence-electron chi connectivity index (χ4n) is 1.25. The molecule has 1 aromatic carbocycles. The zero-order chi connectivity index (χ0) is 11.6. The van der Waals surface area contributed by atoms with E-state index < -0.39 is 23.9 Å². The summed E-state index contributed by atoms with van der Waals surface area (Å²) >= 11 is 0. The summed E-state index contributed by atoms with van der Waals surface area (Å²) in [6.45, 7) is 0.111. The number of alkyl halides is 2. The number of ether oxygens (including phenoxy) is 1. The number of rotatable bonds is 3. The van der Waals surface area contributed by atoms with Crippen LogP contribution >= 0.6 is 0 Å². The van der Waals surface area contributed by atoms with Gasteiger partial charge in [0.2, 0.25) is 0 Å². The van der Waals surface area contributed by atoms with Gasteiger partial charge in [-0.1, -0.05) is 0 Å². The third-order valence-corrected chi connectivity index (χ3v) is 2.00. The van der Waals surface area contributed by atoms with Crippen LogP contribution in [0.3, 0.4) is 0 Å². The van der Waals surface area contributed by atoms with Crippen LogP contribution in [0.25, 0.3) is 0 Å². The van der Waals surface area contributed by atoms with Gasteiger partial charge in [-0.25, -0.2) is 13.2 Å². The molecule has 0 radical (unpaired) electrons. The fourth-order valence-corrected chi connectivity index (χ4v) is 1.25. The molecule has 84 valence electrons. The van der Waals surface area contributed by atoms with Gasteiger partial charge in [-0.3, -0.25) is 0 Å². The molecule has 0 aliphatic carbocycles. The predicted molar refractivity (Wildman–Crippen MR) is 48.4 cm³/mol. The number of halogens is 3. The first-order valence-corrected chi connectivity index (χ1v) is 4.25. The lowest BCUT2D eigenvalue weighted by Crippen LogP contribution is -2.09. The van der Waals surface area contributed by atoms with Crippen molar-refractivity contribution in [2.45, 2.75) is 19.5 Å². The predicted octanol–water partition coefficient (Wildman–Crippen LogP) is 2.44. The normalized spacial score (nSPS) is 11.6. The van der Waals surface area contributed by atoms with Crippen molar-refractivity contribution < 1.29 is 23.0 Å². The summed E-state index contributed by atoms with van der Waals surface area (Å²) in [7, 11) is 1.21. The third kappa shape index (κ3) is 2.41. The summed E-state index contributed by atoms with van der Waals surface area (Å²) in [5.41, 5.74) is -0.473. The molecular weight excluding hydrogens is 209 g/mol. The van der Waals surface area contributed by atoms with E-state index in [1.807, 2.05) is 0 Å². The van der Waals surface area contributed by atoms with Crippen LogP contribution in [0.15, 0.2) is 12.1 Å². The van der Waals surface area contributed by atoms with E-state index in [4.69, 9.17) is 5.11 Å². The Morgan fingerprint density at radius 2 is 2.00 bits per heavy atom. The molecule has 0 atom stereocenters. The molecule has 1 N–H and O–H groups in total. The Kier molecular flexibility index (Phi) is 3.24. The third-order valence-electron chi connectivity index (χ3n) is 2.00. The van der Waals surface area contributed by atoms with Crippen LogP contribution in [0.2, 0.25) is 0 Å². The van der Waals surface area contributed by atoms with Gasteiger partial charge in [0.25, 0.3) is 5.92 Å². The Labute approximate surface area is 85.3 Å². The van der Waals surface area contributed by atoms with Crippen molar-refractivity contribution >= 4 is 0 Å². The summed E-state index contributed by atoms with van der Waals surface area (Å²) in [4.78, 5) is 0. The molecule has 0 saturated heterocycles. The molecule has 2 nitrogen and oxygen atoms in total. The van der Waals surface area contributed by atoms with E-state index in [1.165, 1.54) is 7.11 Å². The molecule has 0 aliphatic heterocycles. The molecule has 0 bridgehead atoms. The number of hydrogen-bond donors (Lipinski definition) is 1. The van der Waals surface area contributed by atoms with Crippen LogP contribution in [0.4, 0.5) is 13.2 Å². The van der Waals surface area contributed by atoms with E-state index in [2.05, 4.69) is 4.74 Å². The highest BCUT2D eigenvalue weighted by Crippen LogP contribution is 2.32. The second kappa shape index (κ2) is 4.10. The molecule has 0 saturated carbocycles. The minimum atomic E-state index is -3.14. The quantitative estimate of drug-likeness (QED) is 0.847. The van der Waals surface area contributed by atoms with Gasteiger partial charge in [0.1, 0.15) is 0 Å². The Balaban J connectivity index is 3.32. The molecule has 0 fully saturated rings. The Bertz CT molecular complexity index is 358. The molecular formula is C10H11F3O2. The Morgan fingerprint density at radius 1 is 1.40 bits per heavy atom. The van der Waals surface area contributed by atoms with Crippen LogP contribution < -0.4 is 4.74 Å². The van der Waals surface area contributed by atoms with Crippen LogP contribution in [-0.4, -0.2) is 12.2 Å². The smallest absolute Gasteiger partial charge is 0.270 e. The van der Waals surface area contributed by atoms with Crippen molar-refractivity contribution in [1.82, 2.24) is 0 Å². The molecule has 0 spiro atoms. The maximum absolute atomic E-state index is 13.3. The van der Waals surface area contributed by atoms with Gasteiger partial charge in [0.05, 0.1) is 13.7 Å². The zero-order valence-electron chi connectivity index (χ0n) is 8.35. The number of benzene rings is 1. The molecule has 1 aromatic rings. The molecule has 0 aromatic heterocycles. The second-order valence-electron chi connectivity index (χ2n) is 3.20.